The number of hydrogen-bond donors (Lipinski definition) is 3. The summed E-state index contributed by atoms with van der Waals surface area (Å²) in [6, 6.07) is 6.61. The van der Waals surface area contributed by atoms with E-state index in [-0.39, 0.29) is 11.8 Å². The highest BCUT2D eigenvalue weighted by Gasteiger charge is 2.20. The molecule has 1 saturated heterocycles. The van der Waals surface area contributed by atoms with E-state index in [1.807, 2.05) is 0 Å². The van der Waals surface area contributed by atoms with Gasteiger partial charge in [0.15, 0.2) is 0 Å². The molecule has 1 aromatic rings. The Labute approximate surface area is 119 Å². The molecule has 3 N–H and O–H groups in total. The SMILES string of the molecule is CS(=O)(=O)Nc1ccc(NC(=O)[C@@H]2CCCNC2)cc1. The Morgan fingerprint density at radius 1 is 1.25 bits per heavy atom. The highest BCUT2D eigenvalue weighted by atomic mass is 32.2. The Bertz CT molecular complexity index is 563. The van der Waals surface area contributed by atoms with Crippen LogP contribution in [0.3, 0.4) is 0 Å². The lowest BCUT2D eigenvalue weighted by Crippen LogP contribution is -2.37. The maximum Gasteiger partial charge on any atom is 0.229 e. The molecule has 0 radical (unpaired) electrons. The van der Waals surface area contributed by atoms with Gasteiger partial charge in [0.2, 0.25) is 15.9 Å². The van der Waals surface area contributed by atoms with Crippen LogP contribution >= 0.6 is 0 Å². The van der Waals surface area contributed by atoms with E-state index in [0.717, 1.165) is 25.6 Å². The Kier molecular flexibility index (Phi) is 4.61. The minimum absolute atomic E-state index is 0.000947. The largest absolute Gasteiger partial charge is 0.326 e. The van der Waals surface area contributed by atoms with Crippen molar-refractivity contribution in [2.45, 2.75) is 12.8 Å². The van der Waals surface area contributed by atoms with E-state index < -0.39 is 10.0 Å². The molecule has 1 aliphatic rings. The van der Waals surface area contributed by atoms with Crippen molar-refractivity contribution in [1.82, 2.24) is 5.32 Å². The second-order valence-corrected chi connectivity index (χ2v) is 6.73. The number of benzene rings is 1. The minimum Gasteiger partial charge on any atom is -0.326 e. The lowest BCUT2D eigenvalue weighted by atomic mass is 9.99. The molecule has 1 atom stereocenters. The van der Waals surface area contributed by atoms with Gasteiger partial charge in [-0.1, -0.05) is 0 Å². The van der Waals surface area contributed by atoms with Gasteiger partial charge in [-0.3, -0.25) is 9.52 Å². The van der Waals surface area contributed by atoms with Gasteiger partial charge in [-0.2, -0.15) is 0 Å². The van der Waals surface area contributed by atoms with E-state index in [4.69, 9.17) is 0 Å². The van der Waals surface area contributed by atoms with Gasteiger partial charge in [0.25, 0.3) is 0 Å². The minimum atomic E-state index is -3.28. The van der Waals surface area contributed by atoms with Gasteiger partial charge in [-0.15, -0.1) is 0 Å². The zero-order valence-corrected chi connectivity index (χ0v) is 12.2. The number of rotatable bonds is 4. The Morgan fingerprint density at radius 3 is 2.45 bits per heavy atom. The van der Waals surface area contributed by atoms with Crippen LogP contribution in [0.5, 0.6) is 0 Å². The zero-order valence-electron chi connectivity index (χ0n) is 11.3. The summed E-state index contributed by atoms with van der Waals surface area (Å²) in [6.07, 6.45) is 3.00. The van der Waals surface area contributed by atoms with E-state index in [9.17, 15) is 13.2 Å². The lowest BCUT2D eigenvalue weighted by molar-refractivity contribution is -0.120. The van der Waals surface area contributed by atoms with Crippen LogP contribution in [0.1, 0.15) is 12.8 Å². The maximum absolute atomic E-state index is 12.0. The third kappa shape index (κ3) is 4.50. The summed E-state index contributed by atoms with van der Waals surface area (Å²) < 4.78 is 24.5. The first-order valence-corrected chi connectivity index (χ1v) is 8.42. The fraction of sp³-hybridized carbons (Fsp3) is 0.462. The Morgan fingerprint density at radius 2 is 1.90 bits per heavy atom. The fourth-order valence-electron chi connectivity index (χ4n) is 2.16. The Hall–Kier alpha value is -1.60. The van der Waals surface area contributed by atoms with Crippen molar-refractivity contribution >= 4 is 27.3 Å². The second kappa shape index (κ2) is 6.23. The molecular formula is C13H19N3O3S. The van der Waals surface area contributed by atoms with Crippen molar-refractivity contribution in [1.29, 1.82) is 0 Å². The normalized spacial score (nSPS) is 19.4. The molecule has 1 amide bonds. The molecule has 0 aliphatic carbocycles. The monoisotopic (exact) mass is 297 g/mol. The molecule has 110 valence electrons. The lowest BCUT2D eigenvalue weighted by Gasteiger charge is -2.21. The number of nitrogens with one attached hydrogen (secondary N) is 3. The third-order valence-electron chi connectivity index (χ3n) is 3.12. The standard InChI is InChI=1S/C13H19N3O3S/c1-20(18,19)16-12-6-4-11(5-7-12)15-13(17)10-3-2-8-14-9-10/h4-7,10,14,16H,2-3,8-9H2,1H3,(H,15,17)/t10-/m1/s1. The summed E-state index contributed by atoms with van der Waals surface area (Å²) in [5.74, 6) is -0.00130. The maximum atomic E-state index is 12.0. The molecule has 0 spiro atoms. The van der Waals surface area contributed by atoms with Crippen molar-refractivity contribution in [3.05, 3.63) is 24.3 Å². The van der Waals surface area contributed by atoms with Crippen LogP contribution in [0.15, 0.2) is 24.3 Å². The molecular weight excluding hydrogens is 278 g/mol. The quantitative estimate of drug-likeness (QED) is 0.773. The van der Waals surface area contributed by atoms with Gasteiger partial charge in [-0.05, 0) is 43.7 Å². The predicted molar refractivity (Wildman–Crippen MR) is 79.1 cm³/mol. The van der Waals surface area contributed by atoms with Gasteiger partial charge < -0.3 is 10.6 Å². The average molecular weight is 297 g/mol. The fourth-order valence-corrected chi connectivity index (χ4v) is 2.72. The van der Waals surface area contributed by atoms with Crippen LogP contribution in [-0.2, 0) is 14.8 Å². The van der Waals surface area contributed by atoms with Crippen LogP contribution in [-0.4, -0.2) is 33.7 Å². The molecule has 1 fully saturated rings. The van der Waals surface area contributed by atoms with Crippen molar-refractivity contribution < 1.29 is 13.2 Å². The van der Waals surface area contributed by atoms with Gasteiger partial charge in [0, 0.05) is 17.9 Å². The average Bonchev–Trinajstić information content (AvgIpc) is 2.40. The molecule has 2 rings (SSSR count). The first-order chi connectivity index (χ1) is 9.44. The van der Waals surface area contributed by atoms with Gasteiger partial charge in [-0.25, -0.2) is 8.42 Å². The highest BCUT2D eigenvalue weighted by Crippen LogP contribution is 2.17. The predicted octanol–water partition coefficient (Wildman–Crippen LogP) is 0.996. The number of hydrogen-bond acceptors (Lipinski definition) is 4. The molecule has 1 aliphatic heterocycles. The summed E-state index contributed by atoms with van der Waals surface area (Å²) in [6.45, 7) is 1.68. The molecule has 0 bridgehead atoms. The molecule has 0 saturated carbocycles. The summed E-state index contributed by atoms with van der Waals surface area (Å²) in [4.78, 5) is 12.0. The molecule has 1 aromatic carbocycles. The zero-order chi connectivity index (χ0) is 14.6. The summed E-state index contributed by atoms with van der Waals surface area (Å²) in [7, 11) is -3.28. The number of carbonyl (C=O) groups excluding carboxylic acids is 1. The highest BCUT2D eigenvalue weighted by molar-refractivity contribution is 7.92. The molecule has 0 aromatic heterocycles. The van der Waals surface area contributed by atoms with E-state index in [1.54, 1.807) is 24.3 Å². The van der Waals surface area contributed by atoms with Crippen LogP contribution in [0.25, 0.3) is 0 Å². The third-order valence-corrected chi connectivity index (χ3v) is 3.73. The summed E-state index contributed by atoms with van der Waals surface area (Å²) >= 11 is 0. The molecule has 20 heavy (non-hydrogen) atoms. The summed E-state index contributed by atoms with van der Waals surface area (Å²) in [5, 5.41) is 6.04. The van der Waals surface area contributed by atoms with Crippen LogP contribution in [0.2, 0.25) is 0 Å². The van der Waals surface area contributed by atoms with Gasteiger partial charge in [0.05, 0.1) is 12.2 Å². The van der Waals surface area contributed by atoms with Crippen molar-refractivity contribution in [2.75, 3.05) is 29.4 Å². The first-order valence-electron chi connectivity index (χ1n) is 6.53. The van der Waals surface area contributed by atoms with Crippen LogP contribution < -0.4 is 15.4 Å². The number of sulfonamides is 1. The number of carbonyl (C=O) groups is 1. The van der Waals surface area contributed by atoms with Crippen molar-refractivity contribution in [2.24, 2.45) is 5.92 Å². The van der Waals surface area contributed by atoms with Gasteiger partial charge >= 0.3 is 0 Å². The topological polar surface area (TPSA) is 87.3 Å². The smallest absolute Gasteiger partial charge is 0.229 e. The number of anilines is 2. The van der Waals surface area contributed by atoms with E-state index >= 15 is 0 Å². The summed E-state index contributed by atoms with van der Waals surface area (Å²) in [5.41, 5.74) is 1.14. The Balaban J connectivity index is 1.94. The number of amides is 1. The second-order valence-electron chi connectivity index (χ2n) is 4.98. The molecule has 1 heterocycles. The first kappa shape index (κ1) is 14.8. The van der Waals surface area contributed by atoms with E-state index in [2.05, 4.69) is 15.4 Å². The molecule has 0 unspecified atom stereocenters. The van der Waals surface area contributed by atoms with Crippen LogP contribution in [0, 0.1) is 5.92 Å². The van der Waals surface area contributed by atoms with Gasteiger partial charge in [0.1, 0.15) is 0 Å². The van der Waals surface area contributed by atoms with Crippen LogP contribution in [0.4, 0.5) is 11.4 Å². The van der Waals surface area contributed by atoms with Crippen molar-refractivity contribution in [3.63, 3.8) is 0 Å². The number of piperidine rings is 1. The molecule has 7 heteroatoms. The molecule has 6 nitrogen and oxygen atoms in total. The van der Waals surface area contributed by atoms with Crippen molar-refractivity contribution in [3.8, 4) is 0 Å². The van der Waals surface area contributed by atoms with E-state index in [0.29, 0.717) is 17.9 Å². The van der Waals surface area contributed by atoms with E-state index in [1.165, 1.54) is 0 Å².